The van der Waals surface area contributed by atoms with Gasteiger partial charge in [0.2, 0.25) is 0 Å². The number of aromatic hydroxyl groups is 2. The third-order valence-corrected chi connectivity index (χ3v) is 8.98. The van der Waals surface area contributed by atoms with Crippen LogP contribution in [-0.2, 0) is 25.9 Å². The fourth-order valence-electron chi connectivity index (χ4n) is 5.25. The number of benzene rings is 2. The number of nitrogens with zero attached hydrogens (tertiary/aromatic N) is 1. The van der Waals surface area contributed by atoms with Gasteiger partial charge in [-0.2, -0.15) is 0 Å². The Morgan fingerprint density at radius 1 is 0.939 bits per heavy atom. The van der Waals surface area contributed by atoms with Crippen LogP contribution in [0.1, 0.15) is 84.7 Å². The van der Waals surface area contributed by atoms with Crippen LogP contribution < -0.4 is 5.32 Å². The van der Waals surface area contributed by atoms with Crippen molar-refractivity contribution in [3.63, 3.8) is 0 Å². The summed E-state index contributed by atoms with van der Waals surface area (Å²) in [4.78, 5) is 2.10. The van der Waals surface area contributed by atoms with Crippen molar-refractivity contribution in [2.45, 2.75) is 77.3 Å². The minimum absolute atomic E-state index is 0.475. The smallest absolute Gasteiger partial charge is 0.133 e. The average molecular weight is 676 g/mol. The number of nitrogens with one attached hydrogen (secondary N) is 1. The molecule has 0 heterocycles. The van der Waals surface area contributed by atoms with E-state index in [0.29, 0.717) is 23.3 Å². The first-order valence-electron chi connectivity index (χ1n) is 12.0. The maximum Gasteiger partial charge on any atom is 0.133 e. The van der Waals surface area contributed by atoms with Gasteiger partial charge < -0.3 is 20.4 Å². The fraction of sp³-hybridized carbons (Fsp3) is 0.556. The molecule has 2 unspecified atom stereocenters. The number of phenolic OH excluding ortho intramolecular Hbond substituents is 2. The number of hydrogen-bond donors (Lipinski definition) is 3. The molecule has 4 rings (SSSR count). The van der Waals surface area contributed by atoms with Gasteiger partial charge in [0.1, 0.15) is 11.5 Å². The largest absolute Gasteiger partial charge is 0.506 e. The highest BCUT2D eigenvalue weighted by atomic mass is 127. The van der Waals surface area contributed by atoms with E-state index in [4.69, 9.17) is 0 Å². The molecule has 2 aliphatic rings. The molecular formula is C27H38I2N2O2. The second kappa shape index (κ2) is 11.9. The third-order valence-electron chi connectivity index (χ3n) is 6.99. The number of halogens is 2. The van der Waals surface area contributed by atoms with Gasteiger partial charge in [-0.25, -0.2) is 0 Å². The zero-order chi connectivity index (χ0) is 24.3. The summed E-state index contributed by atoms with van der Waals surface area (Å²) in [5.74, 6) is 2.23. The van der Waals surface area contributed by atoms with Crippen molar-refractivity contribution >= 4 is 45.2 Å². The molecule has 2 aromatic carbocycles. The standard InChI is InChI=1S/C14H20INO.C13H18INO/c1-9-5-4-6-11-12(9)7-10(8-16(2)3)14(17)13(11)15;1-8-4-3-5-9-10(8)6-12(14)13(16)11(9)7-15-2/h7,9,17H,4-6,8H2,1-3H3;6,8,15-16H,3-5,7H2,1-2H3. The lowest BCUT2D eigenvalue weighted by Gasteiger charge is -2.26. The van der Waals surface area contributed by atoms with Crippen LogP contribution in [0.25, 0.3) is 0 Å². The van der Waals surface area contributed by atoms with E-state index < -0.39 is 0 Å². The quantitative estimate of drug-likeness (QED) is 0.318. The molecule has 6 heteroatoms. The van der Waals surface area contributed by atoms with E-state index in [9.17, 15) is 10.2 Å². The van der Waals surface area contributed by atoms with Crippen LogP contribution in [0.5, 0.6) is 11.5 Å². The lowest BCUT2D eigenvalue weighted by molar-refractivity contribution is 0.383. The summed E-state index contributed by atoms with van der Waals surface area (Å²) in [5, 5.41) is 23.5. The predicted molar refractivity (Wildman–Crippen MR) is 155 cm³/mol. The van der Waals surface area contributed by atoms with Crippen molar-refractivity contribution in [2.24, 2.45) is 0 Å². The second-order valence-corrected chi connectivity index (χ2v) is 12.1. The van der Waals surface area contributed by atoms with Gasteiger partial charge in [-0.3, -0.25) is 0 Å². The zero-order valence-corrected chi connectivity index (χ0v) is 24.9. The molecular weight excluding hydrogens is 638 g/mol. The minimum atomic E-state index is 0.475. The van der Waals surface area contributed by atoms with Gasteiger partial charge in [-0.15, -0.1) is 0 Å². The Morgan fingerprint density at radius 3 is 2.09 bits per heavy atom. The molecule has 0 saturated heterocycles. The summed E-state index contributed by atoms with van der Waals surface area (Å²) in [6, 6.07) is 4.38. The van der Waals surface area contributed by atoms with E-state index in [1.165, 1.54) is 47.9 Å². The summed E-state index contributed by atoms with van der Waals surface area (Å²) in [7, 11) is 6.00. The Hall–Kier alpha value is -0.580. The summed E-state index contributed by atoms with van der Waals surface area (Å²) in [6.07, 6.45) is 7.26. The summed E-state index contributed by atoms with van der Waals surface area (Å²) in [6.45, 7) is 6.15. The van der Waals surface area contributed by atoms with Crippen molar-refractivity contribution < 1.29 is 10.2 Å². The van der Waals surface area contributed by atoms with Gasteiger partial charge >= 0.3 is 0 Å². The summed E-state index contributed by atoms with van der Waals surface area (Å²) >= 11 is 4.53. The van der Waals surface area contributed by atoms with Gasteiger partial charge in [-0.05, 0) is 145 Å². The number of fused-ring (bicyclic) bond motifs is 2. The Bertz CT molecular complexity index is 991. The highest BCUT2D eigenvalue weighted by Gasteiger charge is 2.24. The summed E-state index contributed by atoms with van der Waals surface area (Å²) in [5.41, 5.74) is 7.83. The maximum atomic E-state index is 10.3. The van der Waals surface area contributed by atoms with Crippen LogP contribution in [0.3, 0.4) is 0 Å². The molecule has 0 saturated carbocycles. The second-order valence-electron chi connectivity index (χ2n) is 9.87. The van der Waals surface area contributed by atoms with Crippen molar-refractivity contribution in [2.75, 3.05) is 21.1 Å². The van der Waals surface area contributed by atoms with Crippen molar-refractivity contribution in [3.05, 3.63) is 52.7 Å². The Morgan fingerprint density at radius 2 is 1.52 bits per heavy atom. The molecule has 3 N–H and O–H groups in total. The van der Waals surface area contributed by atoms with Crippen molar-refractivity contribution in [1.82, 2.24) is 10.2 Å². The predicted octanol–water partition coefficient (Wildman–Crippen LogP) is 6.65. The van der Waals surface area contributed by atoms with Crippen molar-refractivity contribution in [1.29, 1.82) is 0 Å². The van der Waals surface area contributed by atoms with Crippen LogP contribution in [0.15, 0.2) is 12.1 Å². The normalized spacial score (nSPS) is 19.5. The molecule has 0 spiro atoms. The Kier molecular flexibility index (Phi) is 9.75. The Labute approximate surface area is 226 Å². The molecule has 0 bridgehead atoms. The van der Waals surface area contributed by atoms with Gasteiger partial charge in [0.25, 0.3) is 0 Å². The first-order chi connectivity index (χ1) is 15.6. The highest BCUT2D eigenvalue weighted by Crippen LogP contribution is 2.40. The third kappa shape index (κ3) is 6.16. The molecule has 0 amide bonds. The highest BCUT2D eigenvalue weighted by molar-refractivity contribution is 14.1. The first kappa shape index (κ1) is 27.0. The topological polar surface area (TPSA) is 55.7 Å². The van der Waals surface area contributed by atoms with Gasteiger partial charge in [0.15, 0.2) is 0 Å². The monoisotopic (exact) mass is 676 g/mol. The van der Waals surface area contributed by atoms with Crippen LogP contribution in [0.2, 0.25) is 0 Å². The molecule has 2 aliphatic carbocycles. The SMILES string of the molecule is CC1CCCc2c1cc(CN(C)C)c(O)c2I.CNCc1c(O)c(I)cc2c1CCCC2C. The average Bonchev–Trinajstić information content (AvgIpc) is 2.77. The molecule has 0 aromatic heterocycles. The summed E-state index contributed by atoms with van der Waals surface area (Å²) < 4.78 is 2.05. The number of phenols is 2. The number of hydrogen-bond acceptors (Lipinski definition) is 4. The van der Waals surface area contributed by atoms with E-state index >= 15 is 0 Å². The van der Waals surface area contributed by atoms with Crippen LogP contribution in [0, 0.1) is 7.14 Å². The first-order valence-corrected chi connectivity index (χ1v) is 14.2. The van der Waals surface area contributed by atoms with Gasteiger partial charge in [-0.1, -0.05) is 19.9 Å². The molecule has 4 nitrogen and oxygen atoms in total. The molecule has 0 aliphatic heterocycles. The number of rotatable bonds is 4. The molecule has 182 valence electrons. The molecule has 2 atom stereocenters. The van der Waals surface area contributed by atoms with Crippen LogP contribution >= 0.6 is 45.2 Å². The molecule has 0 radical (unpaired) electrons. The van der Waals surface area contributed by atoms with Crippen molar-refractivity contribution in [3.8, 4) is 11.5 Å². The molecule has 33 heavy (non-hydrogen) atoms. The van der Waals surface area contributed by atoms with E-state index in [1.807, 2.05) is 21.1 Å². The zero-order valence-electron chi connectivity index (χ0n) is 20.6. The van der Waals surface area contributed by atoms with Gasteiger partial charge in [0, 0.05) is 24.2 Å². The lowest BCUT2D eigenvalue weighted by Crippen LogP contribution is -2.15. The lowest BCUT2D eigenvalue weighted by atomic mass is 9.81. The minimum Gasteiger partial charge on any atom is -0.506 e. The molecule has 0 fully saturated rings. The van der Waals surface area contributed by atoms with Gasteiger partial charge in [0.05, 0.1) is 7.14 Å². The fourth-order valence-corrected chi connectivity index (χ4v) is 6.83. The van der Waals surface area contributed by atoms with Crippen LogP contribution in [0.4, 0.5) is 0 Å². The van der Waals surface area contributed by atoms with E-state index in [-0.39, 0.29) is 0 Å². The molecule has 2 aromatic rings. The van der Waals surface area contributed by atoms with E-state index in [2.05, 4.69) is 81.4 Å². The van der Waals surface area contributed by atoms with E-state index in [1.54, 1.807) is 0 Å². The maximum absolute atomic E-state index is 10.3. The van der Waals surface area contributed by atoms with Crippen LogP contribution in [-0.4, -0.2) is 36.3 Å². The van der Waals surface area contributed by atoms with E-state index in [0.717, 1.165) is 44.2 Å². The Balaban J connectivity index is 0.000000186.